The van der Waals surface area contributed by atoms with Crippen LogP contribution in [0.3, 0.4) is 0 Å². The highest BCUT2D eigenvalue weighted by atomic mass is 16.6. The number of hydrazine groups is 1. The molecule has 2 heterocycles. The maximum atomic E-state index is 13.5. The van der Waals surface area contributed by atoms with Gasteiger partial charge in [0.2, 0.25) is 0 Å². The Balaban J connectivity index is 1.56. The van der Waals surface area contributed by atoms with Crippen molar-refractivity contribution in [1.29, 1.82) is 0 Å². The van der Waals surface area contributed by atoms with Crippen LogP contribution in [0, 0.1) is 10.1 Å². The molecule has 0 aliphatic carbocycles. The number of fused-ring (bicyclic) bond motifs is 3. The van der Waals surface area contributed by atoms with Crippen LogP contribution < -0.4 is 15.1 Å². The second-order valence-electron chi connectivity index (χ2n) is 7.68. The molecule has 162 valence electrons. The smallest absolute Gasteiger partial charge is 0.269 e. The Morgan fingerprint density at radius 2 is 1.88 bits per heavy atom. The van der Waals surface area contributed by atoms with E-state index in [-0.39, 0.29) is 17.3 Å². The zero-order valence-corrected chi connectivity index (χ0v) is 17.1. The Kier molecular flexibility index (Phi) is 4.58. The first-order chi connectivity index (χ1) is 15.5. The fourth-order valence-corrected chi connectivity index (χ4v) is 4.41. The molecule has 1 fully saturated rings. The summed E-state index contributed by atoms with van der Waals surface area (Å²) in [5, 5.41) is 22.9. The highest BCUT2D eigenvalue weighted by Gasteiger charge is 2.51. The maximum Gasteiger partial charge on any atom is 0.269 e. The van der Waals surface area contributed by atoms with Crippen molar-refractivity contribution in [2.24, 2.45) is 0 Å². The molecule has 9 nitrogen and oxygen atoms in total. The van der Waals surface area contributed by atoms with Gasteiger partial charge in [0.15, 0.2) is 17.7 Å². The molecular weight excluding hydrogens is 412 g/mol. The monoisotopic (exact) mass is 432 g/mol. The van der Waals surface area contributed by atoms with Gasteiger partial charge in [-0.3, -0.25) is 20.3 Å². The lowest BCUT2D eigenvalue weighted by Gasteiger charge is -2.32. The first-order valence-corrected chi connectivity index (χ1v) is 10.1. The minimum Gasteiger partial charge on any atom is -0.504 e. The van der Waals surface area contributed by atoms with Gasteiger partial charge in [-0.15, -0.1) is 0 Å². The van der Waals surface area contributed by atoms with Crippen molar-refractivity contribution in [3.8, 4) is 11.5 Å². The van der Waals surface area contributed by atoms with E-state index in [0.717, 1.165) is 11.3 Å². The largest absolute Gasteiger partial charge is 0.504 e. The number of anilines is 2. The van der Waals surface area contributed by atoms with Gasteiger partial charge in [0, 0.05) is 29.8 Å². The molecule has 9 heteroatoms. The molecule has 3 aromatic carbocycles. The lowest BCUT2D eigenvalue weighted by atomic mass is 10.1. The lowest BCUT2D eigenvalue weighted by molar-refractivity contribution is -0.384. The van der Waals surface area contributed by atoms with Gasteiger partial charge in [-0.05, 0) is 35.9 Å². The average molecular weight is 432 g/mol. The number of carbonyl (C=O) groups is 1. The van der Waals surface area contributed by atoms with E-state index in [4.69, 9.17) is 4.74 Å². The van der Waals surface area contributed by atoms with E-state index in [2.05, 4.69) is 5.43 Å². The molecule has 0 unspecified atom stereocenters. The van der Waals surface area contributed by atoms with Crippen molar-refractivity contribution in [2.45, 2.75) is 18.6 Å². The molecule has 0 saturated carbocycles. The number of phenolic OH excluding ortho intramolecular Hbond substituents is 1. The minimum atomic E-state index is -0.539. The van der Waals surface area contributed by atoms with Crippen LogP contribution in [-0.4, -0.2) is 34.1 Å². The molecule has 2 aliphatic heterocycles. The third kappa shape index (κ3) is 3.06. The molecule has 1 amide bonds. The summed E-state index contributed by atoms with van der Waals surface area (Å²) in [6.45, 7) is 0. The zero-order chi connectivity index (χ0) is 22.4. The fourth-order valence-electron chi connectivity index (χ4n) is 4.41. The summed E-state index contributed by atoms with van der Waals surface area (Å²) in [5.41, 5.74) is 6.37. The van der Waals surface area contributed by atoms with E-state index < -0.39 is 17.1 Å². The van der Waals surface area contributed by atoms with Crippen LogP contribution in [0.4, 0.5) is 17.1 Å². The molecule has 32 heavy (non-hydrogen) atoms. The van der Waals surface area contributed by atoms with Crippen LogP contribution in [0.1, 0.15) is 17.3 Å². The first kappa shape index (κ1) is 19.7. The summed E-state index contributed by atoms with van der Waals surface area (Å²) in [6.07, 6.45) is 0.0367. The molecule has 2 aliphatic rings. The number of methoxy groups -OCH3 is 1. The maximum absolute atomic E-state index is 13.5. The van der Waals surface area contributed by atoms with E-state index in [0.29, 0.717) is 23.4 Å². The highest BCUT2D eigenvalue weighted by Crippen LogP contribution is 2.46. The van der Waals surface area contributed by atoms with Gasteiger partial charge in [0.25, 0.3) is 11.6 Å². The quantitative estimate of drug-likeness (QED) is 0.468. The van der Waals surface area contributed by atoms with Gasteiger partial charge >= 0.3 is 0 Å². The topological polar surface area (TPSA) is 108 Å². The number of nitro benzene ring substituents is 1. The number of rotatable bonds is 5. The second-order valence-corrected chi connectivity index (χ2v) is 7.68. The molecule has 0 radical (unpaired) electrons. The van der Waals surface area contributed by atoms with Crippen LogP contribution in [0.2, 0.25) is 0 Å². The number of aromatic hydroxyl groups is 1. The number of ether oxygens (including phenoxy) is 1. The minimum absolute atomic E-state index is 0.0244. The number of carbonyl (C=O) groups excluding carboxylic acids is 1. The Morgan fingerprint density at radius 1 is 1.12 bits per heavy atom. The van der Waals surface area contributed by atoms with E-state index in [1.807, 2.05) is 35.2 Å². The Hall–Kier alpha value is -4.27. The van der Waals surface area contributed by atoms with Crippen molar-refractivity contribution >= 4 is 23.0 Å². The normalized spacial score (nSPS) is 19.0. The summed E-state index contributed by atoms with van der Waals surface area (Å²) in [7, 11) is 1.48. The number of para-hydroxylation sites is 1. The van der Waals surface area contributed by atoms with E-state index in [9.17, 15) is 20.0 Å². The van der Waals surface area contributed by atoms with Crippen LogP contribution in [-0.2, 0) is 11.2 Å². The molecule has 1 saturated heterocycles. The summed E-state index contributed by atoms with van der Waals surface area (Å²) in [5.74, 6) is 0.190. The van der Waals surface area contributed by atoms with E-state index in [1.165, 1.54) is 24.3 Å². The number of nitrogens with one attached hydrogen (secondary N) is 1. The van der Waals surface area contributed by atoms with E-state index in [1.54, 1.807) is 24.3 Å². The van der Waals surface area contributed by atoms with Crippen molar-refractivity contribution in [1.82, 2.24) is 5.01 Å². The Labute approximate surface area is 183 Å². The first-order valence-electron chi connectivity index (χ1n) is 10.1. The van der Waals surface area contributed by atoms with Gasteiger partial charge < -0.3 is 14.7 Å². The predicted molar refractivity (Wildman–Crippen MR) is 117 cm³/mol. The summed E-state index contributed by atoms with van der Waals surface area (Å²) in [4.78, 5) is 26.0. The van der Waals surface area contributed by atoms with Crippen LogP contribution in [0.15, 0.2) is 66.7 Å². The number of phenols is 1. The average Bonchev–Trinajstić information content (AvgIpc) is 3.29. The summed E-state index contributed by atoms with van der Waals surface area (Å²) in [6, 6.07) is 18.4. The van der Waals surface area contributed by atoms with Crippen LogP contribution in [0.5, 0.6) is 11.5 Å². The van der Waals surface area contributed by atoms with Crippen molar-refractivity contribution in [3.05, 3.63) is 88.0 Å². The predicted octanol–water partition coefficient (Wildman–Crippen LogP) is 3.61. The van der Waals surface area contributed by atoms with Crippen molar-refractivity contribution < 1.29 is 19.6 Å². The zero-order valence-electron chi connectivity index (χ0n) is 17.1. The third-order valence-electron chi connectivity index (χ3n) is 5.88. The molecule has 2 atom stereocenters. The third-order valence-corrected chi connectivity index (χ3v) is 5.88. The number of benzene rings is 3. The number of nitro groups is 1. The number of hydrogen-bond donors (Lipinski definition) is 2. The lowest BCUT2D eigenvalue weighted by Crippen LogP contribution is -2.37. The number of hydrogen-bond acceptors (Lipinski definition) is 7. The van der Waals surface area contributed by atoms with Gasteiger partial charge in [0.05, 0.1) is 17.7 Å². The summed E-state index contributed by atoms with van der Waals surface area (Å²) < 4.78 is 5.16. The molecule has 3 aromatic rings. The summed E-state index contributed by atoms with van der Waals surface area (Å²) >= 11 is 0. The van der Waals surface area contributed by atoms with Crippen LogP contribution >= 0.6 is 0 Å². The standard InChI is InChI=1S/C23H20N4O5/c1-32-21-11-6-15(13-20(21)28)22-25-18-5-3-2-4-14(18)12-19(25)23(29)26(22)24-16-7-9-17(10-8-16)27(30)31/h2-11,13,19,22,24,28H,12H2,1H3/t19-,22+/m0/s1. The Morgan fingerprint density at radius 3 is 2.56 bits per heavy atom. The van der Waals surface area contributed by atoms with Crippen molar-refractivity contribution in [3.63, 3.8) is 0 Å². The molecule has 0 bridgehead atoms. The molecule has 0 aromatic heterocycles. The number of nitrogens with zero attached hydrogens (tertiary/aromatic N) is 3. The molecule has 2 N–H and O–H groups in total. The van der Waals surface area contributed by atoms with Gasteiger partial charge in [-0.1, -0.05) is 24.3 Å². The van der Waals surface area contributed by atoms with Gasteiger partial charge in [0.1, 0.15) is 6.04 Å². The van der Waals surface area contributed by atoms with Crippen LogP contribution in [0.25, 0.3) is 0 Å². The van der Waals surface area contributed by atoms with Crippen molar-refractivity contribution in [2.75, 3.05) is 17.4 Å². The molecule has 5 rings (SSSR count). The van der Waals surface area contributed by atoms with Gasteiger partial charge in [-0.25, -0.2) is 5.01 Å². The molecule has 0 spiro atoms. The SMILES string of the molecule is COc1ccc([C@H]2N(Nc3ccc([N+](=O)[O-])cc3)C(=O)[C@@H]3Cc4ccccc4N32)cc1O. The highest BCUT2D eigenvalue weighted by molar-refractivity contribution is 5.93. The number of non-ortho nitro benzene ring substituents is 1. The molecular formula is C23H20N4O5. The van der Waals surface area contributed by atoms with Gasteiger partial charge in [-0.2, -0.15) is 0 Å². The second kappa shape index (κ2) is 7.45. The fraction of sp³-hybridized carbons (Fsp3) is 0.174. The van der Waals surface area contributed by atoms with E-state index >= 15 is 0 Å². The Bertz CT molecular complexity index is 1210. The number of amides is 1.